The Hall–Kier alpha value is -4.17. The molecule has 1 aromatic carbocycles. The van der Waals surface area contributed by atoms with Crippen molar-refractivity contribution in [1.82, 2.24) is 28.9 Å². The lowest BCUT2D eigenvalue weighted by Gasteiger charge is -2.53. The van der Waals surface area contributed by atoms with Crippen molar-refractivity contribution < 1.29 is 31.0 Å². The van der Waals surface area contributed by atoms with E-state index in [-0.39, 0.29) is 24.3 Å². The first-order chi connectivity index (χ1) is 22.2. The number of ketones is 1. The molecule has 14 heteroatoms. The van der Waals surface area contributed by atoms with Crippen molar-refractivity contribution in [3.8, 4) is 5.69 Å². The number of pyridine rings is 1. The Bertz CT molecular complexity index is 2010. The highest BCUT2D eigenvalue weighted by Gasteiger charge is 2.59. The van der Waals surface area contributed by atoms with Gasteiger partial charge in [0.1, 0.15) is 11.5 Å². The maximum Gasteiger partial charge on any atom is 0.416 e. The number of Topliss-reactive ketones (excluding diaryl/α,β-unsaturated/α-hetero) is 1. The SMILES string of the molecule is C=S(=O)(c1ccn(C)n1)N(C1CCC1)[C@@]1(F)CCC2=Cc3c(cnn3-c3ccc(F)cc3)C[C@]2(C(=O)c2cc(C(F)(F)F)ccn2)C1. The van der Waals surface area contributed by atoms with Crippen LogP contribution in [-0.2, 0) is 29.4 Å². The lowest BCUT2D eigenvalue weighted by molar-refractivity contribution is -0.137. The first-order valence-electron chi connectivity index (χ1n) is 15.2. The summed E-state index contributed by atoms with van der Waals surface area (Å²) in [4.78, 5) is 18.7. The maximum absolute atomic E-state index is 18.0. The first kappa shape index (κ1) is 31.4. The zero-order chi connectivity index (χ0) is 33.4. The highest BCUT2D eigenvalue weighted by atomic mass is 32.2. The molecule has 0 aliphatic heterocycles. The van der Waals surface area contributed by atoms with Crippen LogP contribution in [0.5, 0.6) is 0 Å². The van der Waals surface area contributed by atoms with Crippen molar-refractivity contribution in [1.29, 1.82) is 0 Å². The minimum absolute atomic E-state index is 0.0379. The van der Waals surface area contributed by atoms with Crippen LogP contribution >= 0.6 is 0 Å². The van der Waals surface area contributed by atoms with Gasteiger partial charge in [-0.25, -0.2) is 17.7 Å². The molecule has 3 atom stereocenters. The van der Waals surface area contributed by atoms with Crippen molar-refractivity contribution in [2.45, 2.75) is 68.0 Å². The molecule has 2 fully saturated rings. The van der Waals surface area contributed by atoms with Crippen LogP contribution in [0.15, 0.2) is 71.7 Å². The second kappa shape index (κ2) is 10.9. The van der Waals surface area contributed by atoms with E-state index >= 15 is 4.39 Å². The van der Waals surface area contributed by atoms with Crippen LogP contribution in [0.1, 0.15) is 65.8 Å². The second-order valence-corrected chi connectivity index (χ2v) is 14.7. The van der Waals surface area contributed by atoms with E-state index in [9.17, 15) is 26.6 Å². The lowest BCUT2D eigenvalue weighted by atomic mass is 9.59. The second-order valence-electron chi connectivity index (χ2n) is 12.6. The van der Waals surface area contributed by atoms with Crippen molar-refractivity contribution in [2.75, 3.05) is 0 Å². The van der Waals surface area contributed by atoms with E-state index in [0.717, 1.165) is 18.7 Å². The molecule has 0 amide bonds. The average molecular weight is 671 g/mol. The molecule has 0 spiro atoms. The van der Waals surface area contributed by atoms with Gasteiger partial charge in [-0.3, -0.25) is 14.5 Å². The number of hydrogen-bond donors (Lipinski definition) is 0. The summed E-state index contributed by atoms with van der Waals surface area (Å²) in [5.74, 6) is 0.459. The van der Waals surface area contributed by atoms with Crippen molar-refractivity contribution in [3.05, 3.63) is 95.0 Å². The summed E-state index contributed by atoms with van der Waals surface area (Å²) in [5.41, 5.74) is -0.945. The third-order valence-corrected chi connectivity index (χ3v) is 11.7. The largest absolute Gasteiger partial charge is 0.416 e. The molecule has 1 unspecified atom stereocenters. The quantitative estimate of drug-likeness (QED) is 0.0989. The molecule has 0 N–H and O–H groups in total. The Morgan fingerprint density at radius 1 is 1.15 bits per heavy atom. The molecule has 0 radical (unpaired) electrons. The van der Waals surface area contributed by atoms with Crippen LogP contribution in [0.4, 0.5) is 22.0 Å². The fourth-order valence-electron chi connectivity index (χ4n) is 7.17. The molecule has 8 nitrogen and oxygen atoms in total. The van der Waals surface area contributed by atoms with Crippen molar-refractivity contribution >= 4 is 27.4 Å². The zero-order valence-corrected chi connectivity index (χ0v) is 26.2. The highest BCUT2D eigenvalue weighted by molar-refractivity contribution is 7.98. The van der Waals surface area contributed by atoms with E-state index in [4.69, 9.17) is 0 Å². The van der Waals surface area contributed by atoms with Gasteiger partial charge >= 0.3 is 6.18 Å². The number of carbonyl (C=O) groups is 1. The smallest absolute Gasteiger partial charge is 0.291 e. The van der Waals surface area contributed by atoms with Crippen LogP contribution in [0.25, 0.3) is 11.8 Å². The summed E-state index contributed by atoms with van der Waals surface area (Å²) in [6, 6.07) is 8.25. The fraction of sp³-hybridized carbons (Fsp3) is 0.364. The number of rotatable bonds is 7. The Balaban J connectivity index is 1.37. The maximum atomic E-state index is 18.0. The molecule has 4 aromatic rings. The topological polar surface area (TPSA) is 85.9 Å². The summed E-state index contributed by atoms with van der Waals surface area (Å²) in [7, 11) is -1.84. The third kappa shape index (κ3) is 5.21. The molecular weight excluding hydrogens is 639 g/mol. The van der Waals surface area contributed by atoms with Gasteiger partial charge < -0.3 is 0 Å². The number of benzene rings is 1. The van der Waals surface area contributed by atoms with E-state index in [0.29, 0.717) is 41.4 Å². The monoisotopic (exact) mass is 670 g/mol. The van der Waals surface area contributed by atoms with Crippen LogP contribution in [0.2, 0.25) is 0 Å². The average Bonchev–Trinajstić information content (AvgIpc) is 3.63. The zero-order valence-electron chi connectivity index (χ0n) is 25.4. The van der Waals surface area contributed by atoms with Crippen LogP contribution in [0.3, 0.4) is 0 Å². The predicted octanol–water partition coefficient (Wildman–Crippen LogP) is 6.36. The first-order valence-corrected chi connectivity index (χ1v) is 16.9. The fourth-order valence-corrected chi connectivity index (χ4v) is 9.27. The number of aryl methyl sites for hydroxylation is 1. The number of carbonyl (C=O) groups excluding carboxylic acids is 1. The van der Waals surface area contributed by atoms with E-state index < -0.39 is 62.4 Å². The van der Waals surface area contributed by atoms with E-state index in [1.807, 2.05) is 0 Å². The molecular formula is C33H31F5N6O2S. The number of aromatic nitrogens is 5. The number of halogens is 5. The van der Waals surface area contributed by atoms with Gasteiger partial charge in [-0.15, -0.1) is 0 Å². The Morgan fingerprint density at radius 3 is 2.53 bits per heavy atom. The van der Waals surface area contributed by atoms with E-state index in [1.165, 1.54) is 33.4 Å². The number of hydrogen-bond acceptors (Lipinski definition) is 5. The van der Waals surface area contributed by atoms with Crippen LogP contribution in [0, 0.1) is 11.2 Å². The minimum atomic E-state index is -4.73. The number of allylic oxidation sites excluding steroid dienone is 1. The van der Waals surface area contributed by atoms with E-state index in [1.54, 1.807) is 36.1 Å². The lowest BCUT2D eigenvalue weighted by Crippen LogP contribution is -2.61. The standard InChI is InChI=1S/C33H31F5N6O2S/c1-42-15-12-29(41-42)47(2,46)44(26-4-3-5-26)32(35)13-10-22-17-28-21(19-40-43(28)25-8-6-24(34)7-9-25)18-31(22,20-32)30(45)27-16-23(11-14-39-27)33(36,37)38/h6-9,11-12,14-17,19,26H,2-5,10,13,18,20H2,1H3/t31-,32-,47?/m0/s1. The van der Waals surface area contributed by atoms with Gasteiger partial charge in [-0.1, -0.05) is 12.0 Å². The van der Waals surface area contributed by atoms with Crippen molar-refractivity contribution in [3.63, 3.8) is 0 Å². The highest BCUT2D eigenvalue weighted by Crippen LogP contribution is 2.56. The Labute approximate surface area is 268 Å². The molecule has 3 aliphatic carbocycles. The molecule has 3 aliphatic rings. The van der Waals surface area contributed by atoms with Gasteiger partial charge in [-0.05, 0) is 92.1 Å². The Kier molecular flexibility index (Phi) is 7.32. The van der Waals surface area contributed by atoms with Crippen molar-refractivity contribution in [2.24, 2.45) is 12.5 Å². The number of nitrogens with zero attached hydrogens (tertiary/aromatic N) is 6. The molecule has 246 valence electrons. The van der Waals surface area contributed by atoms with Gasteiger partial charge in [0, 0.05) is 31.9 Å². The van der Waals surface area contributed by atoms with Crippen LogP contribution < -0.4 is 0 Å². The number of alkyl halides is 4. The molecule has 2 saturated carbocycles. The summed E-state index contributed by atoms with van der Waals surface area (Å²) in [6.45, 7) is 0. The summed E-state index contributed by atoms with van der Waals surface area (Å²) in [5, 5.41) is 8.87. The third-order valence-electron chi connectivity index (χ3n) is 9.61. The van der Waals surface area contributed by atoms with Gasteiger partial charge in [0.05, 0.1) is 38.3 Å². The predicted molar refractivity (Wildman–Crippen MR) is 165 cm³/mol. The van der Waals surface area contributed by atoms with Gasteiger partial charge in [0.15, 0.2) is 16.6 Å². The normalized spacial score (nSPS) is 24.2. The van der Waals surface area contributed by atoms with Gasteiger partial charge in [0.25, 0.3) is 0 Å². The summed E-state index contributed by atoms with van der Waals surface area (Å²) in [6.07, 6.45) is 2.30. The van der Waals surface area contributed by atoms with Gasteiger partial charge in [-0.2, -0.15) is 27.7 Å². The molecule has 3 heterocycles. The summed E-state index contributed by atoms with van der Waals surface area (Å²) < 4.78 is 91.8. The minimum Gasteiger partial charge on any atom is -0.291 e. The molecule has 0 saturated heterocycles. The summed E-state index contributed by atoms with van der Waals surface area (Å²) >= 11 is 0. The number of fused-ring (bicyclic) bond motifs is 2. The molecule has 7 rings (SSSR count). The molecule has 3 aromatic heterocycles. The van der Waals surface area contributed by atoms with Crippen LogP contribution in [-0.4, -0.2) is 56.5 Å². The molecule has 0 bridgehead atoms. The Morgan fingerprint density at radius 2 is 1.89 bits per heavy atom. The van der Waals surface area contributed by atoms with E-state index in [2.05, 4.69) is 21.1 Å². The van der Waals surface area contributed by atoms with Gasteiger partial charge in [0.2, 0.25) is 0 Å². The molecule has 47 heavy (non-hydrogen) atoms.